The first-order chi connectivity index (χ1) is 10.6. The molecule has 0 aliphatic heterocycles. The fourth-order valence-electron chi connectivity index (χ4n) is 2.51. The van der Waals surface area contributed by atoms with Crippen LogP contribution in [0.5, 0.6) is 0 Å². The molecule has 1 amide bonds. The molecule has 0 fully saturated rings. The maximum Gasteiger partial charge on any atom is 0.407 e. The van der Waals surface area contributed by atoms with Crippen LogP contribution in [0.15, 0.2) is 10.5 Å². The van der Waals surface area contributed by atoms with Gasteiger partial charge in [-0.25, -0.2) is 4.79 Å². The van der Waals surface area contributed by atoms with Gasteiger partial charge in [0.25, 0.3) is 0 Å². The Kier molecular flexibility index (Phi) is 9.44. The van der Waals surface area contributed by atoms with Crippen molar-refractivity contribution in [3.63, 3.8) is 0 Å². The predicted octanol–water partition coefficient (Wildman–Crippen LogP) is 4.92. The quantitative estimate of drug-likeness (QED) is 0.590. The van der Waals surface area contributed by atoms with Gasteiger partial charge in [0.2, 0.25) is 0 Å². The minimum absolute atomic E-state index is 0.316. The first-order valence-corrected chi connectivity index (χ1v) is 8.60. The fraction of sp³-hybridized carbons (Fsp3) is 0.722. The highest BCUT2D eigenvalue weighted by Gasteiger charge is 2.06. The number of carbonyl (C=O) groups is 1. The smallest absolute Gasteiger partial charge is 0.407 e. The summed E-state index contributed by atoms with van der Waals surface area (Å²) in [6.45, 7) is 7.18. The minimum Gasteiger partial charge on any atom is -0.466 e. The number of ether oxygens (including phenoxy) is 1. The van der Waals surface area contributed by atoms with Gasteiger partial charge in [-0.05, 0) is 31.9 Å². The molecule has 1 heterocycles. The number of hydrogen-bond acceptors (Lipinski definition) is 3. The second kappa shape index (κ2) is 11.2. The van der Waals surface area contributed by atoms with Crippen molar-refractivity contribution in [2.24, 2.45) is 0 Å². The molecular weight excluding hydrogens is 278 g/mol. The van der Waals surface area contributed by atoms with Crippen LogP contribution in [-0.4, -0.2) is 19.2 Å². The molecule has 0 atom stereocenters. The Morgan fingerprint density at radius 2 is 1.82 bits per heavy atom. The second-order valence-electron chi connectivity index (χ2n) is 5.87. The van der Waals surface area contributed by atoms with Gasteiger partial charge in [0.15, 0.2) is 0 Å². The van der Waals surface area contributed by atoms with Crippen LogP contribution in [0.4, 0.5) is 4.79 Å². The van der Waals surface area contributed by atoms with E-state index >= 15 is 0 Å². The maximum atomic E-state index is 11.5. The lowest BCUT2D eigenvalue weighted by Gasteiger charge is -2.06. The molecule has 0 bridgehead atoms. The Balaban J connectivity index is 1.96. The number of amides is 1. The summed E-state index contributed by atoms with van der Waals surface area (Å²) < 4.78 is 10.6. The van der Waals surface area contributed by atoms with E-state index in [-0.39, 0.29) is 6.09 Å². The van der Waals surface area contributed by atoms with E-state index in [1.807, 2.05) is 19.9 Å². The van der Waals surface area contributed by atoms with Gasteiger partial charge in [0, 0.05) is 13.0 Å². The van der Waals surface area contributed by atoms with Gasteiger partial charge < -0.3 is 14.5 Å². The summed E-state index contributed by atoms with van der Waals surface area (Å²) in [4.78, 5) is 11.5. The van der Waals surface area contributed by atoms with Crippen molar-refractivity contribution in [2.45, 2.75) is 72.1 Å². The third kappa shape index (κ3) is 8.11. The Labute approximate surface area is 134 Å². The Bertz CT molecular complexity index is 426. The molecule has 126 valence electrons. The summed E-state index contributed by atoms with van der Waals surface area (Å²) in [5.74, 6) is 1.81. The van der Waals surface area contributed by atoms with E-state index < -0.39 is 0 Å². The van der Waals surface area contributed by atoms with Crippen molar-refractivity contribution in [2.75, 3.05) is 13.2 Å². The number of aryl methyl sites for hydroxylation is 2. The summed E-state index contributed by atoms with van der Waals surface area (Å²) in [6.07, 6.45) is 9.11. The number of alkyl carbamates (subject to hydrolysis) is 1. The van der Waals surface area contributed by atoms with Gasteiger partial charge in [-0.1, -0.05) is 45.4 Å². The summed E-state index contributed by atoms with van der Waals surface area (Å²) in [5.41, 5.74) is 1.11. The van der Waals surface area contributed by atoms with Gasteiger partial charge in [0.1, 0.15) is 11.5 Å². The molecule has 0 saturated heterocycles. The summed E-state index contributed by atoms with van der Waals surface area (Å²) in [6, 6.07) is 2.00. The highest BCUT2D eigenvalue weighted by atomic mass is 16.5. The SMILES string of the molecule is CCCCCCCCCNC(=O)OCCc1cc(C)oc1C. The van der Waals surface area contributed by atoms with Crippen molar-refractivity contribution >= 4 is 6.09 Å². The molecule has 4 nitrogen and oxygen atoms in total. The molecule has 1 aromatic heterocycles. The highest BCUT2D eigenvalue weighted by Crippen LogP contribution is 2.14. The first-order valence-electron chi connectivity index (χ1n) is 8.60. The van der Waals surface area contributed by atoms with Gasteiger partial charge in [0.05, 0.1) is 6.61 Å². The Morgan fingerprint density at radius 3 is 2.45 bits per heavy atom. The Hall–Kier alpha value is -1.45. The van der Waals surface area contributed by atoms with E-state index in [2.05, 4.69) is 12.2 Å². The van der Waals surface area contributed by atoms with Crippen LogP contribution in [0.1, 0.15) is 69.0 Å². The second-order valence-corrected chi connectivity index (χ2v) is 5.87. The molecule has 1 rings (SSSR count). The summed E-state index contributed by atoms with van der Waals surface area (Å²) >= 11 is 0. The number of furan rings is 1. The van der Waals surface area contributed by atoms with Gasteiger partial charge in [-0.3, -0.25) is 0 Å². The van der Waals surface area contributed by atoms with E-state index in [0.29, 0.717) is 19.6 Å². The number of nitrogens with one attached hydrogen (secondary N) is 1. The fourth-order valence-corrected chi connectivity index (χ4v) is 2.51. The van der Waals surface area contributed by atoms with Crippen LogP contribution in [0.2, 0.25) is 0 Å². The van der Waals surface area contributed by atoms with Crippen molar-refractivity contribution in [1.82, 2.24) is 5.32 Å². The van der Waals surface area contributed by atoms with Crippen molar-refractivity contribution in [3.05, 3.63) is 23.2 Å². The first kappa shape index (κ1) is 18.6. The van der Waals surface area contributed by atoms with Crippen LogP contribution in [-0.2, 0) is 11.2 Å². The average molecular weight is 309 g/mol. The van der Waals surface area contributed by atoms with E-state index in [0.717, 1.165) is 23.5 Å². The predicted molar refractivity (Wildman–Crippen MR) is 89.2 cm³/mol. The van der Waals surface area contributed by atoms with Crippen LogP contribution in [0, 0.1) is 13.8 Å². The number of carbonyl (C=O) groups excluding carboxylic acids is 1. The zero-order chi connectivity index (χ0) is 16.2. The molecule has 0 saturated carbocycles. The van der Waals surface area contributed by atoms with E-state index in [1.54, 1.807) is 0 Å². The van der Waals surface area contributed by atoms with Crippen molar-refractivity contribution < 1.29 is 13.9 Å². The lowest BCUT2D eigenvalue weighted by molar-refractivity contribution is 0.147. The lowest BCUT2D eigenvalue weighted by atomic mass is 10.1. The largest absolute Gasteiger partial charge is 0.466 e. The lowest BCUT2D eigenvalue weighted by Crippen LogP contribution is -2.26. The van der Waals surface area contributed by atoms with E-state index in [9.17, 15) is 4.79 Å². The molecule has 0 aliphatic rings. The highest BCUT2D eigenvalue weighted by molar-refractivity contribution is 5.67. The van der Waals surface area contributed by atoms with E-state index in [4.69, 9.17) is 9.15 Å². The molecule has 22 heavy (non-hydrogen) atoms. The molecule has 0 aromatic carbocycles. The molecule has 1 aromatic rings. The van der Waals surface area contributed by atoms with Crippen molar-refractivity contribution in [1.29, 1.82) is 0 Å². The summed E-state index contributed by atoms with van der Waals surface area (Å²) in [7, 11) is 0. The molecule has 0 radical (unpaired) electrons. The Morgan fingerprint density at radius 1 is 1.14 bits per heavy atom. The molecule has 0 unspecified atom stereocenters. The standard InChI is InChI=1S/C18H31NO3/c1-4-5-6-7-8-9-10-12-19-18(20)21-13-11-17-14-15(2)22-16(17)3/h14H,4-13H2,1-3H3,(H,19,20). The molecule has 0 aliphatic carbocycles. The van der Waals surface area contributed by atoms with Crippen LogP contribution >= 0.6 is 0 Å². The monoisotopic (exact) mass is 309 g/mol. The number of unbranched alkanes of at least 4 members (excludes halogenated alkanes) is 6. The molecular formula is C18H31NO3. The zero-order valence-corrected chi connectivity index (χ0v) is 14.4. The van der Waals surface area contributed by atoms with Crippen LogP contribution < -0.4 is 5.32 Å². The average Bonchev–Trinajstić information content (AvgIpc) is 2.80. The maximum absolute atomic E-state index is 11.5. The minimum atomic E-state index is -0.316. The zero-order valence-electron chi connectivity index (χ0n) is 14.4. The summed E-state index contributed by atoms with van der Waals surface area (Å²) in [5, 5.41) is 2.81. The third-order valence-corrected chi connectivity index (χ3v) is 3.80. The number of hydrogen-bond donors (Lipinski definition) is 1. The topological polar surface area (TPSA) is 51.5 Å². The molecule has 0 spiro atoms. The number of rotatable bonds is 11. The van der Waals surface area contributed by atoms with Gasteiger partial charge in [-0.2, -0.15) is 0 Å². The third-order valence-electron chi connectivity index (χ3n) is 3.80. The van der Waals surface area contributed by atoms with Gasteiger partial charge >= 0.3 is 6.09 Å². The molecule has 1 N–H and O–H groups in total. The van der Waals surface area contributed by atoms with Crippen LogP contribution in [0.25, 0.3) is 0 Å². The van der Waals surface area contributed by atoms with E-state index in [1.165, 1.54) is 38.5 Å². The normalized spacial score (nSPS) is 10.7. The van der Waals surface area contributed by atoms with Crippen molar-refractivity contribution in [3.8, 4) is 0 Å². The molecule has 4 heteroatoms. The van der Waals surface area contributed by atoms with Crippen LogP contribution in [0.3, 0.4) is 0 Å². The van der Waals surface area contributed by atoms with Gasteiger partial charge in [-0.15, -0.1) is 0 Å².